The van der Waals surface area contributed by atoms with E-state index in [0.29, 0.717) is 19.1 Å². The molecule has 130 valence electrons. The molecule has 2 N–H and O–H groups in total. The molecule has 1 unspecified atom stereocenters. The summed E-state index contributed by atoms with van der Waals surface area (Å²) in [6, 6.07) is 8.51. The molecule has 6 nitrogen and oxygen atoms in total. The van der Waals surface area contributed by atoms with Crippen molar-refractivity contribution in [2.45, 2.75) is 19.0 Å². The van der Waals surface area contributed by atoms with Gasteiger partial charge in [0.1, 0.15) is 5.75 Å². The van der Waals surface area contributed by atoms with Gasteiger partial charge < -0.3 is 19.9 Å². The minimum Gasteiger partial charge on any atom is -0.497 e. The monoisotopic (exact) mass is 330 g/mol. The first kappa shape index (κ1) is 16.8. The molecule has 6 heteroatoms. The third-order valence-electron chi connectivity index (χ3n) is 4.70. The van der Waals surface area contributed by atoms with Gasteiger partial charge in [0.05, 0.1) is 20.2 Å². The van der Waals surface area contributed by atoms with Crippen molar-refractivity contribution < 1.29 is 9.53 Å². The summed E-state index contributed by atoms with van der Waals surface area (Å²) in [6.07, 6.45) is 1.13. The first-order chi connectivity index (χ1) is 11.5. The Balaban J connectivity index is 1.51. The molecule has 1 aliphatic rings. The SMILES string of the molecule is COc1ccc2[nH]c(CNC(=O)CN3CCC(N(C)C)C3)cc2c1. The molecule has 24 heavy (non-hydrogen) atoms. The fraction of sp³-hybridized carbons (Fsp3) is 0.500. The lowest BCUT2D eigenvalue weighted by Gasteiger charge is -2.20. The minimum absolute atomic E-state index is 0.0747. The molecule has 0 spiro atoms. The number of fused-ring (bicyclic) bond motifs is 1. The quantitative estimate of drug-likeness (QED) is 0.841. The minimum atomic E-state index is 0.0747. The second-order valence-electron chi connectivity index (χ2n) is 6.67. The normalized spacial score (nSPS) is 18.4. The van der Waals surface area contributed by atoms with Crippen molar-refractivity contribution in [3.8, 4) is 5.75 Å². The van der Waals surface area contributed by atoms with E-state index in [9.17, 15) is 4.79 Å². The van der Waals surface area contributed by atoms with Gasteiger partial charge in [-0.05, 0) is 44.8 Å². The van der Waals surface area contributed by atoms with Crippen LogP contribution in [0.4, 0.5) is 0 Å². The van der Waals surface area contributed by atoms with Crippen LogP contribution in [-0.4, -0.2) is 67.6 Å². The Morgan fingerprint density at radius 2 is 2.25 bits per heavy atom. The zero-order chi connectivity index (χ0) is 17.1. The molecular formula is C18H26N4O2. The molecule has 1 fully saturated rings. The third kappa shape index (κ3) is 3.88. The Morgan fingerprint density at radius 1 is 1.42 bits per heavy atom. The van der Waals surface area contributed by atoms with Crippen LogP contribution in [0, 0.1) is 0 Å². The maximum absolute atomic E-state index is 12.2. The van der Waals surface area contributed by atoms with Crippen molar-refractivity contribution in [1.82, 2.24) is 20.1 Å². The number of nitrogens with zero attached hydrogens (tertiary/aromatic N) is 2. The maximum Gasteiger partial charge on any atom is 0.234 e. The number of ether oxygens (including phenoxy) is 1. The number of benzene rings is 1. The number of H-pyrrole nitrogens is 1. The van der Waals surface area contributed by atoms with Crippen molar-refractivity contribution >= 4 is 16.8 Å². The van der Waals surface area contributed by atoms with Crippen LogP contribution in [0.1, 0.15) is 12.1 Å². The number of hydrogen-bond donors (Lipinski definition) is 2. The number of carbonyl (C=O) groups is 1. The maximum atomic E-state index is 12.2. The van der Waals surface area contributed by atoms with Crippen LogP contribution in [0.15, 0.2) is 24.3 Å². The van der Waals surface area contributed by atoms with E-state index < -0.39 is 0 Å². The van der Waals surface area contributed by atoms with E-state index in [1.54, 1.807) is 7.11 Å². The predicted molar refractivity (Wildman–Crippen MR) is 95.2 cm³/mol. The number of carbonyl (C=O) groups excluding carboxylic acids is 1. The molecule has 0 aliphatic carbocycles. The van der Waals surface area contributed by atoms with Gasteiger partial charge >= 0.3 is 0 Å². The Kier molecular flexibility index (Phi) is 5.06. The van der Waals surface area contributed by atoms with E-state index in [1.807, 2.05) is 18.2 Å². The van der Waals surface area contributed by atoms with E-state index in [0.717, 1.165) is 41.9 Å². The number of likely N-dealkylation sites (N-methyl/N-ethyl adjacent to an activating group) is 1. The topological polar surface area (TPSA) is 60.6 Å². The summed E-state index contributed by atoms with van der Waals surface area (Å²) < 4.78 is 5.24. The van der Waals surface area contributed by atoms with Gasteiger partial charge in [0, 0.05) is 35.7 Å². The van der Waals surface area contributed by atoms with E-state index in [2.05, 4.69) is 40.3 Å². The lowest BCUT2D eigenvalue weighted by molar-refractivity contribution is -0.122. The van der Waals surface area contributed by atoms with Crippen LogP contribution in [0.25, 0.3) is 10.9 Å². The average molecular weight is 330 g/mol. The van der Waals surface area contributed by atoms with Crippen molar-refractivity contribution in [3.63, 3.8) is 0 Å². The van der Waals surface area contributed by atoms with E-state index in [-0.39, 0.29) is 5.91 Å². The highest BCUT2D eigenvalue weighted by atomic mass is 16.5. The molecule has 2 heterocycles. The molecule has 0 bridgehead atoms. The molecule has 1 saturated heterocycles. The van der Waals surface area contributed by atoms with Crippen molar-refractivity contribution in [2.75, 3.05) is 40.8 Å². The van der Waals surface area contributed by atoms with Crippen LogP contribution < -0.4 is 10.1 Å². The predicted octanol–water partition coefficient (Wildman–Crippen LogP) is 1.43. The van der Waals surface area contributed by atoms with Gasteiger partial charge in [-0.2, -0.15) is 0 Å². The third-order valence-corrected chi connectivity index (χ3v) is 4.70. The highest BCUT2D eigenvalue weighted by molar-refractivity contribution is 5.82. The van der Waals surface area contributed by atoms with Gasteiger partial charge in [-0.3, -0.25) is 9.69 Å². The largest absolute Gasteiger partial charge is 0.497 e. The van der Waals surface area contributed by atoms with Crippen LogP contribution in [0.2, 0.25) is 0 Å². The molecule has 2 aromatic rings. The summed E-state index contributed by atoms with van der Waals surface area (Å²) >= 11 is 0. The standard InChI is InChI=1S/C18H26N4O2/c1-21(2)15-6-7-22(11-15)12-18(23)19-10-14-8-13-9-16(24-3)4-5-17(13)20-14/h4-5,8-9,15,20H,6-7,10-12H2,1-3H3,(H,19,23). The Morgan fingerprint density at radius 3 is 2.96 bits per heavy atom. The first-order valence-corrected chi connectivity index (χ1v) is 8.36. The second kappa shape index (κ2) is 7.23. The number of rotatable bonds is 6. The summed E-state index contributed by atoms with van der Waals surface area (Å²) in [6.45, 7) is 2.94. The number of amides is 1. The lowest BCUT2D eigenvalue weighted by atomic mass is 10.2. The second-order valence-corrected chi connectivity index (χ2v) is 6.67. The van der Waals surface area contributed by atoms with Crippen LogP contribution in [0.5, 0.6) is 5.75 Å². The van der Waals surface area contributed by atoms with E-state index in [1.165, 1.54) is 0 Å². The number of hydrogen-bond acceptors (Lipinski definition) is 4. The molecule has 1 atom stereocenters. The van der Waals surface area contributed by atoms with Crippen molar-refractivity contribution in [1.29, 1.82) is 0 Å². The van der Waals surface area contributed by atoms with Gasteiger partial charge in [-0.1, -0.05) is 0 Å². The van der Waals surface area contributed by atoms with Gasteiger partial charge in [-0.25, -0.2) is 0 Å². The van der Waals surface area contributed by atoms with E-state index >= 15 is 0 Å². The molecule has 3 rings (SSSR count). The molecular weight excluding hydrogens is 304 g/mol. The van der Waals surface area contributed by atoms with E-state index in [4.69, 9.17) is 4.74 Å². The fourth-order valence-corrected chi connectivity index (χ4v) is 3.22. The molecule has 1 amide bonds. The lowest BCUT2D eigenvalue weighted by Crippen LogP contribution is -2.38. The van der Waals surface area contributed by atoms with Crippen LogP contribution in [-0.2, 0) is 11.3 Å². The van der Waals surface area contributed by atoms with Crippen molar-refractivity contribution in [3.05, 3.63) is 30.0 Å². The van der Waals surface area contributed by atoms with Gasteiger partial charge in [0.15, 0.2) is 0 Å². The van der Waals surface area contributed by atoms with Crippen LogP contribution >= 0.6 is 0 Å². The molecule has 0 radical (unpaired) electrons. The molecule has 1 aromatic carbocycles. The van der Waals surface area contributed by atoms with Gasteiger partial charge in [-0.15, -0.1) is 0 Å². The number of methoxy groups -OCH3 is 1. The summed E-state index contributed by atoms with van der Waals surface area (Å²) in [5.74, 6) is 0.909. The average Bonchev–Trinajstić information content (AvgIpc) is 3.18. The number of nitrogens with one attached hydrogen (secondary N) is 2. The summed E-state index contributed by atoms with van der Waals surface area (Å²) in [5.41, 5.74) is 2.05. The summed E-state index contributed by atoms with van der Waals surface area (Å²) in [4.78, 5) is 19.9. The Hall–Kier alpha value is -2.05. The van der Waals surface area contributed by atoms with Crippen LogP contribution in [0.3, 0.4) is 0 Å². The molecule has 1 aliphatic heterocycles. The summed E-state index contributed by atoms with van der Waals surface area (Å²) in [7, 11) is 5.85. The summed E-state index contributed by atoms with van der Waals surface area (Å²) in [5, 5.41) is 4.09. The number of likely N-dealkylation sites (tertiary alicyclic amines) is 1. The van der Waals surface area contributed by atoms with Gasteiger partial charge in [0.25, 0.3) is 0 Å². The highest BCUT2D eigenvalue weighted by Gasteiger charge is 2.25. The highest BCUT2D eigenvalue weighted by Crippen LogP contribution is 2.21. The molecule has 1 aromatic heterocycles. The Labute approximate surface area is 142 Å². The zero-order valence-electron chi connectivity index (χ0n) is 14.6. The smallest absolute Gasteiger partial charge is 0.234 e. The van der Waals surface area contributed by atoms with Gasteiger partial charge in [0.2, 0.25) is 5.91 Å². The van der Waals surface area contributed by atoms with Crippen molar-refractivity contribution in [2.24, 2.45) is 0 Å². The Bertz CT molecular complexity index is 710. The molecule has 0 saturated carbocycles. The zero-order valence-corrected chi connectivity index (χ0v) is 14.6. The number of aromatic nitrogens is 1. The first-order valence-electron chi connectivity index (χ1n) is 8.36. The number of aromatic amines is 1. The fourth-order valence-electron chi connectivity index (χ4n) is 3.22.